The number of carbonyl (C=O) groups is 1. The molecule has 0 rings (SSSR count). The van der Waals surface area contributed by atoms with E-state index < -0.39 is 0 Å². The van der Waals surface area contributed by atoms with E-state index in [1.54, 1.807) is 6.92 Å². The highest BCUT2D eigenvalue weighted by molar-refractivity contribution is 7.38. The van der Waals surface area contributed by atoms with E-state index in [0.29, 0.717) is 12.2 Å². The molecule has 1 unspecified atom stereocenters. The summed E-state index contributed by atoms with van der Waals surface area (Å²) < 4.78 is 10.1. The molecule has 0 aromatic carbocycles. The largest absolute Gasteiger partial charge is 0.462 e. The first-order valence-electron chi connectivity index (χ1n) is 4.79. The van der Waals surface area contributed by atoms with Crippen molar-refractivity contribution in [3.8, 4) is 0 Å². The Balaban J connectivity index is 3.13. The van der Waals surface area contributed by atoms with Gasteiger partial charge >= 0.3 is 5.97 Å². The highest BCUT2D eigenvalue weighted by Gasteiger charge is 2.01. The third-order valence-corrected chi connectivity index (χ3v) is 2.60. The van der Waals surface area contributed by atoms with Crippen LogP contribution < -0.4 is 0 Å². The predicted octanol–water partition coefficient (Wildman–Crippen LogP) is 1.82. The minimum absolute atomic E-state index is 0.292. The van der Waals surface area contributed by atoms with Gasteiger partial charge < -0.3 is 9.47 Å². The number of hydrogen-bond donors (Lipinski definition) is 0. The van der Waals surface area contributed by atoms with Gasteiger partial charge in [0.1, 0.15) is 0 Å². The molecule has 0 aliphatic carbocycles. The van der Waals surface area contributed by atoms with Crippen molar-refractivity contribution in [1.29, 1.82) is 0 Å². The van der Waals surface area contributed by atoms with Crippen LogP contribution in [0.5, 0.6) is 0 Å². The van der Waals surface area contributed by atoms with Crippen LogP contribution in [0, 0.1) is 0 Å². The highest BCUT2D eigenvalue weighted by Crippen LogP contribution is 2.08. The molecule has 0 saturated carbocycles. The molecule has 4 heteroatoms. The highest BCUT2D eigenvalue weighted by atomic mass is 31.1. The van der Waals surface area contributed by atoms with E-state index in [1.165, 1.54) is 0 Å². The molecule has 0 aromatic heterocycles. The molecule has 82 valence electrons. The van der Waals surface area contributed by atoms with Gasteiger partial charge in [0.2, 0.25) is 0 Å². The lowest BCUT2D eigenvalue weighted by Gasteiger charge is -2.04. The Hall–Kier alpha value is -0.400. The van der Waals surface area contributed by atoms with Crippen molar-refractivity contribution < 1.29 is 14.3 Å². The molecule has 0 heterocycles. The SMILES string of the molecule is C=C(C)C(=O)OCCPCCOCC. The molecule has 0 aliphatic heterocycles. The van der Waals surface area contributed by atoms with Gasteiger partial charge in [-0.05, 0) is 26.2 Å². The molecule has 0 fully saturated rings. The summed E-state index contributed by atoms with van der Waals surface area (Å²) in [7, 11) is 0.803. The van der Waals surface area contributed by atoms with Crippen LogP contribution in [0.3, 0.4) is 0 Å². The molecule has 0 bridgehead atoms. The third kappa shape index (κ3) is 8.21. The lowest BCUT2D eigenvalue weighted by molar-refractivity contribution is -0.138. The van der Waals surface area contributed by atoms with Crippen LogP contribution in [0.2, 0.25) is 0 Å². The van der Waals surface area contributed by atoms with Crippen LogP contribution in [-0.4, -0.2) is 38.1 Å². The van der Waals surface area contributed by atoms with Crippen molar-refractivity contribution in [3.63, 3.8) is 0 Å². The summed E-state index contributed by atoms with van der Waals surface area (Å²) in [6, 6.07) is 0. The summed E-state index contributed by atoms with van der Waals surface area (Å²) >= 11 is 0. The van der Waals surface area contributed by atoms with Crippen LogP contribution in [0.1, 0.15) is 13.8 Å². The van der Waals surface area contributed by atoms with Crippen LogP contribution >= 0.6 is 8.58 Å². The Morgan fingerprint density at radius 3 is 2.57 bits per heavy atom. The Morgan fingerprint density at radius 2 is 2.00 bits per heavy atom. The lowest BCUT2D eigenvalue weighted by Crippen LogP contribution is -2.07. The van der Waals surface area contributed by atoms with Gasteiger partial charge in [0.25, 0.3) is 0 Å². The molecule has 0 saturated heterocycles. The van der Waals surface area contributed by atoms with Crippen molar-refractivity contribution in [2.75, 3.05) is 32.1 Å². The maximum Gasteiger partial charge on any atom is 0.333 e. The normalized spacial score (nSPS) is 10.7. The summed E-state index contributed by atoms with van der Waals surface area (Å²) in [6.45, 7) is 9.22. The van der Waals surface area contributed by atoms with Gasteiger partial charge in [-0.25, -0.2) is 4.79 Å². The van der Waals surface area contributed by atoms with Gasteiger partial charge in [-0.3, -0.25) is 0 Å². The maximum atomic E-state index is 10.9. The van der Waals surface area contributed by atoms with Crippen molar-refractivity contribution in [2.45, 2.75) is 13.8 Å². The van der Waals surface area contributed by atoms with Crippen molar-refractivity contribution >= 4 is 14.6 Å². The molecular formula is C10H19O3P. The van der Waals surface area contributed by atoms with E-state index in [9.17, 15) is 4.79 Å². The van der Waals surface area contributed by atoms with E-state index in [-0.39, 0.29) is 5.97 Å². The fourth-order valence-corrected chi connectivity index (χ4v) is 1.54. The molecule has 0 aromatic rings. The molecule has 14 heavy (non-hydrogen) atoms. The number of ether oxygens (including phenoxy) is 2. The second-order valence-electron chi connectivity index (χ2n) is 2.86. The topological polar surface area (TPSA) is 35.5 Å². The van der Waals surface area contributed by atoms with Gasteiger partial charge in [0, 0.05) is 12.2 Å². The summed E-state index contributed by atoms with van der Waals surface area (Å²) in [5.41, 5.74) is 0.461. The first-order valence-corrected chi connectivity index (χ1v) is 6.21. The van der Waals surface area contributed by atoms with Crippen LogP contribution in [-0.2, 0) is 14.3 Å². The Kier molecular flexibility index (Phi) is 8.90. The van der Waals surface area contributed by atoms with E-state index in [4.69, 9.17) is 9.47 Å². The number of esters is 1. The van der Waals surface area contributed by atoms with E-state index >= 15 is 0 Å². The maximum absolute atomic E-state index is 10.9. The molecule has 0 N–H and O–H groups in total. The summed E-state index contributed by atoms with van der Waals surface area (Å²) in [5, 5.41) is 0. The van der Waals surface area contributed by atoms with Gasteiger partial charge in [0.15, 0.2) is 0 Å². The van der Waals surface area contributed by atoms with Crippen LogP contribution in [0.4, 0.5) is 0 Å². The number of carbonyl (C=O) groups excluding carboxylic acids is 1. The van der Waals surface area contributed by atoms with E-state index in [0.717, 1.165) is 34.1 Å². The molecular weight excluding hydrogens is 199 g/mol. The lowest BCUT2D eigenvalue weighted by atomic mass is 10.4. The molecule has 1 atom stereocenters. The second-order valence-corrected chi connectivity index (χ2v) is 4.36. The Morgan fingerprint density at radius 1 is 1.36 bits per heavy atom. The monoisotopic (exact) mass is 218 g/mol. The average Bonchev–Trinajstić information content (AvgIpc) is 2.16. The number of rotatable bonds is 8. The summed E-state index contributed by atoms with van der Waals surface area (Å²) in [6.07, 6.45) is 1.98. The van der Waals surface area contributed by atoms with Gasteiger partial charge in [-0.15, -0.1) is 8.58 Å². The molecule has 0 aliphatic rings. The summed E-state index contributed by atoms with van der Waals surface area (Å²) in [5.74, 6) is -0.292. The van der Waals surface area contributed by atoms with Gasteiger partial charge in [-0.1, -0.05) is 6.58 Å². The van der Waals surface area contributed by atoms with Crippen LogP contribution in [0.15, 0.2) is 12.2 Å². The zero-order chi connectivity index (χ0) is 10.8. The van der Waals surface area contributed by atoms with Crippen molar-refractivity contribution in [1.82, 2.24) is 0 Å². The fraction of sp³-hybridized carbons (Fsp3) is 0.700. The van der Waals surface area contributed by atoms with Gasteiger partial charge in [0.05, 0.1) is 13.2 Å². The van der Waals surface area contributed by atoms with Crippen molar-refractivity contribution in [3.05, 3.63) is 12.2 Å². The van der Waals surface area contributed by atoms with Crippen molar-refractivity contribution in [2.24, 2.45) is 0 Å². The molecule has 0 radical (unpaired) electrons. The average molecular weight is 218 g/mol. The minimum atomic E-state index is -0.292. The Bertz CT molecular complexity index is 180. The molecule has 3 nitrogen and oxygen atoms in total. The van der Waals surface area contributed by atoms with Crippen LogP contribution in [0.25, 0.3) is 0 Å². The zero-order valence-electron chi connectivity index (χ0n) is 8.97. The molecule has 0 amide bonds. The first kappa shape index (κ1) is 13.6. The smallest absolute Gasteiger partial charge is 0.333 e. The standard InChI is InChI=1S/C10H19O3P/c1-4-12-5-7-14-8-6-13-10(11)9(2)3/h14H,2,4-8H2,1,3H3. The summed E-state index contributed by atoms with van der Waals surface area (Å²) in [4.78, 5) is 10.9. The van der Waals surface area contributed by atoms with E-state index in [2.05, 4.69) is 6.58 Å². The quantitative estimate of drug-likeness (QED) is 0.270. The second kappa shape index (κ2) is 9.17. The van der Waals surface area contributed by atoms with Gasteiger partial charge in [-0.2, -0.15) is 0 Å². The third-order valence-electron chi connectivity index (χ3n) is 1.49. The fourth-order valence-electron chi connectivity index (χ4n) is 0.753. The Labute approximate surface area is 87.6 Å². The minimum Gasteiger partial charge on any atom is -0.462 e. The predicted molar refractivity (Wildman–Crippen MR) is 60.3 cm³/mol. The number of hydrogen-bond acceptors (Lipinski definition) is 3. The van der Waals surface area contributed by atoms with E-state index in [1.807, 2.05) is 6.92 Å². The zero-order valence-corrected chi connectivity index (χ0v) is 9.97. The first-order chi connectivity index (χ1) is 6.68. The molecule has 0 spiro atoms.